The molecule has 0 saturated carbocycles. The molecule has 0 aromatic carbocycles. The molecule has 0 aliphatic carbocycles. The number of hydrogen-bond acceptors (Lipinski definition) is 4. The van der Waals surface area contributed by atoms with Crippen LogP contribution in [0.4, 0.5) is 0 Å². The third-order valence-corrected chi connectivity index (χ3v) is 2.65. The monoisotopic (exact) mass is 194 g/mol. The molecule has 0 bridgehead atoms. The van der Waals surface area contributed by atoms with E-state index < -0.39 is 10.4 Å². The van der Waals surface area contributed by atoms with E-state index in [9.17, 15) is 8.42 Å². The van der Waals surface area contributed by atoms with E-state index in [0.29, 0.717) is 0 Å². The summed E-state index contributed by atoms with van der Waals surface area (Å²) in [4.78, 5) is 0. The van der Waals surface area contributed by atoms with Crippen molar-refractivity contribution in [2.75, 3.05) is 13.2 Å². The Bertz CT molecular complexity index is 193. The fourth-order valence-electron chi connectivity index (χ4n) is 1.09. The molecule has 0 aromatic heterocycles. The summed E-state index contributed by atoms with van der Waals surface area (Å²) < 4.78 is 30.8. The first kappa shape index (κ1) is 9.95. The second-order valence-electron chi connectivity index (χ2n) is 2.82. The molecule has 0 radical (unpaired) electrons. The van der Waals surface area contributed by atoms with Crippen molar-refractivity contribution >= 4 is 10.4 Å². The molecule has 1 aliphatic heterocycles. The van der Waals surface area contributed by atoms with Gasteiger partial charge in [-0.05, 0) is 12.8 Å². The molecule has 0 atom stereocenters. The van der Waals surface area contributed by atoms with Gasteiger partial charge in [-0.2, -0.15) is 8.42 Å². The molecule has 0 unspecified atom stereocenters. The van der Waals surface area contributed by atoms with E-state index >= 15 is 0 Å². The molecule has 0 aromatic rings. The molecule has 0 spiro atoms. The molecule has 0 amide bonds. The van der Waals surface area contributed by atoms with Crippen LogP contribution in [-0.4, -0.2) is 21.6 Å². The van der Waals surface area contributed by atoms with E-state index in [0.717, 1.165) is 32.1 Å². The second kappa shape index (κ2) is 4.79. The predicted molar refractivity (Wildman–Crippen MR) is 43.9 cm³/mol. The zero-order chi connectivity index (χ0) is 8.86. The zero-order valence-corrected chi connectivity index (χ0v) is 7.81. The lowest BCUT2D eigenvalue weighted by Gasteiger charge is -2.08. The molecule has 1 rings (SSSR count). The first-order valence-electron chi connectivity index (χ1n) is 4.24. The Kier molecular flexibility index (Phi) is 3.97. The van der Waals surface area contributed by atoms with Crippen molar-refractivity contribution in [3.63, 3.8) is 0 Å². The van der Waals surface area contributed by atoms with Gasteiger partial charge in [-0.25, -0.2) is 8.37 Å². The highest BCUT2D eigenvalue weighted by molar-refractivity contribution is 7.81. The van der Waals surface area contributed by atoms with Crippen molar-refractivity contribution in [3.05, 3.63) is 0 Å². The minimum absolute atomic E-state index is 0.252. The Morgan fingerprint density at radius 3 is 1.67 bits per heavy atom. The quantitative estimate of drug-likeness (QED) is 0.582. The van der Waals surface area contributed by atoms with E-state index in [1.807, 2.05) is 0 Å². The van der Waals surface area contributed by atoms with Gasteiger partial charge >= 0.3 is 10.4 Å². The highest BCUT2D eigenvalue weighted by Gasteiger charge is 2.11. The van der Waals surface area contributed by atoms with Gasteiger partial charge in [-0.15, -0.1) is 0 Å². The van der Waals surface area contributed by atoms with E-state index in [1.54, 1.807) is 0 Å². The first-order chi connectivity index (χ1) is 5.71. The lowest BCUT2D eigenvalue weighted by molar-refractivity contribution is 0.201. The number of rotatable bonds is 0. The van der Waals surface area contributed by atoms with Gasteiger partial charge in [0.15, 0.2) is 0 Å². The third-order valence-electron chi connectivity index (χ3n) is 1.74. The van der Waals surface area contributed by atoms with E-state index in [-0.39, 0.29) is 13.2 Å². The number of hydrogen-bond donors (Lipinski definition) is 0. The van der Waals surface area contributed by atoms with Crippen LogP contribution < -0.4 is 0 Å². The summed E-state index contributed by atoms with van der Waals surface area (Å²) in [6, 6.07) is 0. The van der Waals surface area contributed by atoms with Gasteiger partial charge in [0.2, 0.25) is 0 Å². The van der Waals surface area contributed by atoms with Crippen molar-refractivity contribution in [2.24, 2.45) is 0 Å². The van der Waals surface area contributed by atoms with Gasteiger partial charge in [0.25, 0.3) is 0 Å². The summed E-state index contributed by atoms with van der Waals surface area (Å²) in [5, 5.41) is 0. The van der Waals surface area contributed by atoms with Crippen molar-refractivity contribution < 1.29 is 16.8 Å². The van der Waals surface area contributed by atoms with Gasteiger partial charge in [0.1, 0.15) is 0 Å². The summed E-state index contributed by atoms with van der Waals surface area (Å²) >= 11 is 0. The third kappa shape index (κ3) is 4.04. The molecule has 1 saturated heterocycles. The van der Waals surface area contributed by atoms with Crippen molar-refractivity contribution in [2.45, 2.75) is 32.1 Å². The smallest absolute Gasteiger partial charge is 0.248 e. The summed E-state index contributed by atoms with van der Waals surface area (Å²) in [6.45, 7) is 0.505. The van der Waals surface area contributed by atoms with Crippen molar-refractivity contribution in [3.8, 4) is 0 Å². The topological polar surface area (TPSA) is 52.6 Å². The SMILES string of the molecule is O=S1(=O)OCCCCCCCO1. The minimum atomic E-state index is -3.68. The highest BCUT2D eigenvalue weighted by atomic mass is 32.3. The van der Waals surface area contributed by atoms with Gasteiger partial charge in [-0.1, -0.05) is 19.3 Å². The average molecular weight is 194 g/mol. The Morgan fingerprint density at radius 1 is 0.750 bits per heavy atom. The minimum Gasteiger partial charge on any atom is -0.248 e. The Morgan fingerprint density at radius 2 is 1.17 bits per heavy atom. The van der Waals surface area contributed by atoms with Gasteiger partial charge in [-0.3, -0.25) is 0 Å². The van der Waals surface area contributed by atoms with Crippen LogP contribution in [-0.2, 0) is 18.8 Å². The van der Waals surface area contributed by atoms with Crippen LogP contribution in [0.15, 0.2) is 0 Å². The maximum atomic E-state index is 10.8. The lowest BCUT2D eigenvalue weighted by Crippen LogP contribution is -2.13. The van der Waals surface area contributed by atoms with Crippen LogP contribution in [0.5, 0.6) is 0 Å². The molecule has 1 aliphatic rings. The second-order valence-corrected chi connectivity index (χ2v) is 4.11. The van der Waals surface area contributed by atoms with Crippen molar-refractivity contribution in [1.82, 2.24) is 0 Å². The lowest BCUT2D eigenvalue weighted by atomic mass is 10.1. The Labute approximate surface area is 73.2 Å². The molecule has 5 heteroatoms. The average Bonchev–Trinajstić information content (AvgIpc) is 2.02. The molecule has 0 N–H and O–H groups in total. The van der Waals surface area contributed by atoms with E-state index in [1.165, 1.54) is 0 Å². The van der Waals surface area contributed by atoms with Crippen LogP contribution in [0.25, 0.3) is 0 Å². The van der Waals surface area contributed by atoms with Gasteiger partial charge in [0.05, 0.1) is 13.2 Å². The normalized spacial score (nSPS) is 26.3. The van der Waals surface area contributed by atoms with Crippen LogP contribution in [0.2, 0.25) is 0 Å². The van der Waals surface area contributed by atoms with Gasteiger partial charge < -0.3 is 0 Å². The zero-order valence-electron chi connectivity index (χ0n) is 6.99. The van der Waals surface area contributed by atoms with Crippen LogP contribution in [0, 0.1) is 0 Å². The summed E-state index contributed by atoms with van der Waals surface area (Å²) in [7, 11) is -3.68. The molecule has 12 heavy (non-hydrogen) atoms. The van der Waals surface area contributed by atoms with Crippen LogP contribution in [0.1, 0.15) is 32.1 Å². The molecule has 1 fully saturated rings. The maximum absolute atomic E-state index is 10.8. The van der Waals surface area contributed by atoms with E-state index in [4.69, 9.17) is 0 Å². The maximum Gasteiger partial charge on any atom is 0.399 e. The standard InChI is InChI=1S/C7H14O4S/c8-12(9)10-6-4-2-1-3-5-7-11-12/h1-7H2. The summed E-state index contributed by atoms with van der Waals surface area (Å²) in [5.74, 6) is 0. The Hall–Kier alpha value is -0.130. The van der Waals surface area contributed by atoms with Crippen molar-refractivity contribution in [1.29, 1.82) is 0 Å². The van der Waals surface area contributed by atoms with Gasteiger partial charge in [0, 0.05) is 0 Å². The molecular weight excluding hydrogens is 180 g/mol. The molecule has 1 heterocycles. The molecular formula is C7H14O4S. The Balaban J connectivity index is 2.38. The molecule has 72 valence electrons. The largest absolute Gasteiger partial charge is 0.399 e. The molecule has 4 nitrogen and oxygen atoms in total. The fraction of sp³-hybridized carbons (Fsp3) is 1.00. The highest BCUT2D eigenvalue weighted by Crippen LogP contribution is 2.08. The summed E-state index contributed by atoms with van der Waals surface area (Å²) in [6.07, 6.45) is 4.79. The summed E-state index contributed by atoms with van der Waals surface area (Å²) in [5.41, 5.74) is 0. The predicted octanol–water partition coefficient (Wildman–Crippen LogP) is 1.23. The van der Waals surface area contributed by atoms with E-state index in [2.05, 4.69) is 8.37 Å². The van der Waals surface area contributed by atoms with Crippen LogP contribution >= 0.6 is 0 Å². The fourth-order valence-corrected chi connectivity index (χ4v) is 1.80. The van der Waals surface area contributed by atoms with Crippen LogP contribution in [0.3, 0.4) is 0 Å². The first-order valence-corrected chi connectivity index (χ1v) is 5.58.